The van der Waals surface area contributed by atoms with Crippen molar-refractivity contribution in [2.24, 2.45) is 0 Å². The highest BCUT2D eigenvalue weighted by molar-refractivity contribution is 5.80. The molecule has 0 spiro atoms. The van der Waals surface area contributed by atoms with E-state index < -0.39 is 18.1 Å². The first kappa shape index (κ1) is 19.5. The van der Waals surface area contributed by atoms with E-state index in [0.717, 1.165) is 12.8 Å². The van der Waals surface area contributed by atoms with Crippen molar-refractivity contribution in [3.05, 3.63) is 12.7 Å². The van der Waals surface area contributed by atoms with Crippen LogP contribution in [-0.2, 0) is 14.3 Å². The number of carbonyl (C=O) groups excluding carboxylic acids is 2. The lowest BCUT2D eigenvalue weighted by molar-refractivity contribution is -0.145. The molecule has 0 saturated heterocycles. The second kappa shape index (κ2) is 13.5. The molecule has 0 heterocycles. The molecule has 0 bridgehead atoms. The molecule has 0 radical (unpaired) electrons. The van der Waals surface area contributed by atoms with Gasteiger partial charge in [-0.15, -0.1) is 0 Å². The van der Waals surface area contributed by atoms with Crippen LogP contribution in [0.3, 0.4) is 0 Å². The summed E-state index contributed by atoms with van der Waals surface area (Å²) >= 11 is 0. The van der Waals surface area contributed by atoms with Crippen molar-refractivity contribution in [1.82, 2.24) is 5.32 Å². The van der Waals surface area contributed by atoms with E-state index in [1.54, 1.807) is 6.92 Å². The first-order chi connectivity index (χ1) is 10.1. The van der Waals surface area contributed by atoms with Gasteiger partial charge >= 0.3 is 12.1 Å². The number of nitrogens with one attached hydrogen (secondary N) is 1. The van der Waals surface area contributed by atoms with Gasteiger partial charge in [-0.05, 0) is 13.3 Å². The summed E-state index contributed by atoms with van der Waals surface area (Å²) in [5, 5.41) is 2.41. The molecule has 0 aliphatic rings. The van der Waals surface area contributed by atoms with Gasteiger partial charge in [-0.2, -0.15) is 0 Å². The first-order valence-electron chi connectivity index (χ1n) is 7.82. The number of esters is 1. The van der Waals surface area contributed by atoms with E-state index in [1.807, 2.05) is 0 Å². The molecule has 5 nitrogen and oxygen atoms in total. The van der Waals surface area contributed by atoms with Gasteiger partial charge in [-0.1, -0.05) is 58.1 Å². The Hall–Kier alpha value is -1.52. The van der Waals surface area contributed by atoms with E-state index >= 15 is 0 Å². The molecule has 21 heavy (non-hydrogen) atoms. The maximum Gasteiger partial charge on any atom is 0.408 e. The fourth-order valence-corrected chi connectivity index (χ4v) is 1.77. The van der Waals surface area contributed by atoms with E-state index in [0.29, 0.717) is 6.61 Å². The minimum absolute atomic E-state index is 0.117. The van der Waals surface area contributed by atoms with Crippen molar-refractivity contribution < 1.29 is 19.1 Å². The summed E-state index contributed by atoms with van der Waals surface area (Å²) in [5.74, 6) is -0.434. The molecule has 0 aliphatic heterocycles. The quantitative estimate of drug-likeness (QED) is 0.340. The summed E-state index contributed by atoms with van der Waals surface area (Å²) in [6.07, 6.45) is 9.00. The largest absolute Gasteiger partial charge is 0.464 e. The van der Waals surface area contributed by atoms with Crippen LogP contribution >= 0.6 is 0 Å². The van der Waals surface area contributed by atoms with E-state index in [9.17, 15) is 9.59 Å². The summed E-state index contributed by atoms with van der Waals surface area (Å²) in [6.45, 7) is 7.72. The number of hydrogen-bond acceptors (Lipinski definition) is 4. The van der Waals surface area contributed by atoms with E-state index in [-0.39, 0.29) is 6.61 Å². The maximum absolute atomic E-state index is 11.6. The topological polar surface area (TPSA) is 64.6 Å². The Labute approximate surface area is 128 Å². The third kappa shape index (κ3) is 12.0. The van der Waals surface area contributed by atoms with Gasteiger partial charge in [0.25, 0.3) is 0 Å². The Bertz CT molecular complexity index is 305. The molecule has 0 aromatic rings. The summed E-state index contributed by atoms with van der Waals surface area (Å²) in [7, 11) is 0. The van der Waals surface area contributed by atoms with E-state index in [4.69, 9.17) is 9.47 Å². The second-order valence-corrected chi connectivity index (χ2v) is 5.04. The number of unbranched alkanes of at least 4 members (excludes halogenated alkanes) is 6. The summed E-state index contributed by atoms with van der Waals surface area (Å²) in [4.78, 5) is 22.8. The Kier molecular flexibility index (Phi) is 12.5. The zero-order valence-corrected chi connectivity index (χ0v) is 13.4. The van der Waals surface area contributed by atoms with E-state index in [1.165, 1.54) is 38.2 Å². The highest BCUT2D eigenvalue weighted by Gasteiger charge is 2.17. The van der Waals surface area contributed by atoms with Crippen LogP contribution in [0.2, 0.25) is 0 Å². The predicted octanol–water partition coefficient (Wildman–Crippen LogP) is 3.58. The molecular weight excluding hydrogens is 270 g/mol. The lowest BCUT2D eigenvalue weighted by atomic mass is 10.1. The van der Waals surface area contributed by atoms with Crippen molar-refractivity contribution in [1.29, 1.82) is 0 Å². The molecule has 0 rings (SSSR count). The van der Waals surface area contributed by atoms with Gasteiger partial charge in [0.15, 0.2) is 0 Å². The molecule has 1 atom stereocenters. The van der Waals surface area contributed by atoms with Gasteiger partial charge in [0.05, 0.1) is 6.61 Å². The molecule has 0 aromatic heterocycles. The van der Waals surface area contributed by atoms with Crippen molar-refractivity contribution in [3.63, 3.8) is 0 Å². The highest BCUT2D eigenvalue weighted by atomic mass is 16.6. The lowest BCUT2D eigenvalue weighted by Gasteiger charge is -2.13. The van der Waals surface area contributed by atoms with Crippen molar-refractivity contribution in [2.45, 2.75) is 64.8 Å². The van der Waals surface area contributed by atoms with Crippen molar-refractivity contribution in [2.75, 3.05) is 13.2 Å². The molecule has 1 amide bonds. The minimum atomic E-state index is -0.702. The molecule has 0 aromatic carbocycles. The lowest BCUT2D eigenvalue weighted by Crippen LogP contribution is -2.40. The number of amides is 1. The van der Waals surface area contributed by atoms with Crippen LogP contribution in [0.15, 0.2) is 12.7 Å². The molecule has 5 heteroatoms. The van der Waals surface area contributed by atoms with Gasteiger partial charge in [-0.3, -0.25) is 0 Å². The molecular formula is C16H29NO4. The monoisotopic (exact) mass is 299 g/mol. The average Bonchev–Trinajstić information content (AvgIpc) is 2.47. The van der Waals surface area contributed by atoms with Gasteiger partial charge in [-0.25, -0.2) is 9.59 Å². The SMILES string of the molecule is C=CCOC(=O)N[C@@H](C)C(=O)OCCCCCCCCC. The Morgan fingerprint density at radius 2 is 1.71 bits per heavy atom. The maximum atomic E-state index is 11.6. The van der Waals surface area contributed by atoms with Crippen LogP contribution in [0.25, 0.3) is 0 Å². The smallest absolute Gasteiger partial charge is 0.408 e. The van der Waals surface area contributed by atoms with Crippen LogP contribution in [0.5, 0.6) is 0 Å². The van der Waals surface area contributed by atoms with Crippen molar-refractivity contribution in [3.8, 4) is 0 Å². The summed E-state index contributed by atoms with van der Waals surface area (Å²) in [5.41, 5.74) is 0. The molecule has 0 aliphatic carbocycles. The number of rotatable bonds is 12. The Morgan fingerprint density at radius 1 is 1.10 bits per heavy atom. The number of alkyl carbamates (subject to hydrolysis) is 1. The molecule has 0 saturated carbocycles. The highest BCUT2D eigenvalue weighted by Crippen LogP contribution is 2.07. The normalized spacial score (nSPS) is 11.5. The second-order valence-electron chi connectivity index (χ2n) is 5.04. The predicted molar refractivity (Wildman–Crippen MR) is 83.1 cm³/mol. The Balaban J connectivity index is 3.55. The Morgan fingerprint density at radius 3 is 2.33 bits per heavy atom. The fraction of sp³-hybridized carbons (Fsp3) is 0.750. The third-order valence-electron chi connectivity index (χ3n) is 3.01. The van der Waals surface area contributed by atoms with Crippen LogP contribution < -0.4 is 5.32 Å². The van der Waals surface area contributed by atoms with Gasteiger partial charge < -0.3 is 14.8 Å². The molecule has 1 N–H and O–H groups in total. The van der Waals surface area contributed by atoms with Crippen molar-refractivity contribution >= 4 is 12.1 Å². The van der Waals surface area contributed by atoms with Crippen LogP contribution in [0.4, 0.5) is 4.79 Å². The number of carbonyl (C=O) groups is 2. The standard InChI is InChI=1S/C16H29NO4/c1-4-6-7-8-9-10-11-13-20-15(18)14(3)17-16(19)21-12-5-2/h5,14H,2,4,6-13H2,1,3H3,(H,17,19)/t14-/m0/s1. The van der Waals surface area contributed by atoms with Crippen LogP contribution in [0.1, 0.15) is 58.8 Å². The molecule has 0 unspecified atom stereocenters. The average molecular weight is 299 g/mol. The number of hydrogen-bond donors (Lipinski definition) is 1. The fourth-order valence-electron chi connectivity index (χ4n) is 1.77. The summed E-state index contributed by atoms with van der Waals surface area (Å²) < 4.78 is 9.83. The summed E-state index contributed by atoms with van der Waals surface area (Å²) in [6, 6.07) is -0.702. The van der Waals surface area contributed by atoms with Crippen LogP contribution in [0, 0.1) is 0 Å². The van der Waals surface area contributed by atoms with Gasteiger partial charge in [0.1, 0.15) is 12.6 Å². The molecule has 122 valence electrons. The molecule has 0 fully saturated rings. The first-order valence-corrected chi connectivity index (χ1v) is 7.82. The van der Waals surface area contributed by atoms with Gasteiger partial charge in [0.2, 0.25) is 0 Å². The van der Waals surface area contributed by atoms with Crippen LogP contribution in [-0.4, -0.2) is 31.3 Å². The number of ether oxygens (including phenoxy) is 2. The van der Waals surface area contributed by atoms with Gasteiger partial charge in [0, 0.05) is 0 Å². The van der Waals surface area contributed by atoms with E-state index in [2.05, 4.69) is 18.8 Å². The minimum Gasteiger partial charge on any atom is -0.464 e. The zero-order valence-electron chi connectivity index (χ0n) is 13.4. The third-order valence-corrected chi connectivity index (χ3v) is 3.01. The zero-order chi connectivity index (χ0) is 15.9.